The van der Waals surface area contributed by atoms with Crippen molar-refractivity contribution in [1.82, 2.24) is 29.2 Å². The molecule has 0 spiro atoms. The molecule has 5 aromatic rings. The maximum Gasteiger partial charge on any atom is 0.292 e. The fraction of sp³-hybridized carbons (Fsp3) is 0.176. The number of rotatable bonds is 3. The summed E-state index contributed by atoms with van der Waals surface area (Å²) in [7, 11) is 0. The van der Waals surface area contributed by atoms with Crippen molar-refractivity contribution in [1.29, 1.82) is 0 Å². The number of thiophene rings is 1. The highest BCUT2D eigenvalue weighted by atomic mass is 32.1. The number of benzene rings is 1. The molecule has 4 aromatic heterocycles. The Hall–Kier alpha value is -3.00. The van der Waals surface area contributed by atoms with Gasteiger partial charge in [-0.1, -0.05) is 24.3 Å². The van der Waals surface area contributed by atoms with E-state index in [0.717, 1.165) is 33.5 Å². The standard InChI is InChI=1S/C17H14N6OS/c1-2-15-19-22(10-21-13-6-4-3-5-12(13)18-20-21)16(24)14-9-11-7-8-25-17(11)23(14)15/h3-9H,2,10H2,1H3. The summed E-state index contributed by atoms with van der Waals surface area (Å²) in [5.41, 5.74) is 2.21. The fourth-order valence-corrected chi connectivity index (χ4v) is 4.09. The first-order valence-corrected chi connectivity index (χ1v) is 8.91. The van der Waals surface area contributed by atoms with Gasteiger partial charge in [0.25, 0.3) is 5.56 Å². The van der Waals surface area contributed by atoms with Crippen molar-refractivity contribution >= 4 is 38.1 Å². The molecule has 8 heteroatoms. The molecule has 0 saturated carbocycles. The summed E-state index contributed by atoms with van der Waals surface area (Å²) in [5, 5.41) is 16.0. The summed E-state index contributed by atoms with van der Waals surface area (Å²) < 4.78 is 5.14. The van der Waals surface area contributed by atoms with E-state index in [9.17, 15) is 4.79 Å². The van der Waals surface area contributed by atoms with Gasteiger partial charge in [-0.2, -0.15) is 5.10 Å². The summed E-state index contributed by atoms with van der Waals surface area (Å²) in [6, 6.07) is 11.6. The Kier molecular flexibility index (Phi) is 3.01. The molecule has 0 radical (unpaired) electrons. The first-order chi connectivity index (χ1) is 12.3. The van der Waals surface area contributed by atoms with Crippen molar-refractivity contribution in [3.8, 4) is 0 Å². The Labute approximate surface area is 145 Å². The third-order valence-electron chi connectivity index (χ3n) is 4.36. The summed E-state index contributed by atoms with van der Waals surface area (Å²) in [4.78, 5) is 14.0. The van der Waals surface area contributed by atoms with Crippen LogP contribution < -0.4 is 5.56 Å². The van der Waals surface area contributed by atoms with Crippen molar-refractivity contribution in [2.24, 2.45) is 0 Å². The normalized spacial score (nSPS) is 11.9. The first-order valence-electron chi connectivity index (χ1n) is 8.03. The van der Waals surface area contributed by atoms with E-state index in [2.05, 4.69) is 15.4 Å². The monoisotopic (exact) mass is 350 g/mol. The van der Waals surface area contributed by atoms with Crippen LogP contribution >= 0.6 is 11.3 Å². The van der Waals surface area contributed by atoms with Gasteiger partial charge in [0.15, 0.2) is 0 Å². The summed E-state index contributed by atoms with van der Waals surface area (Å²) in [6.45, 7) is 2.28. The fourth-order valence-electron chi connectivity index (χ4n) is 3.17. The number of aryl methyl sites for hydroxylation is 1. The highest BCUT2D eigenvalue weighted by Gasteiger charge is 2.15. The molecular formula is C17H14N6OS. The molecule has 25 heavy (non-hydrogen) atoms. The van der Waals surface area contributed by atoms with Gasteiger partial charge in [-0.3, -0.25) is 9.20 Å². The van der Waals surface area contributed by atoms with Crippen LogP contribution in [-0.2, 0) is 13.1 Å². The molecule has 0 aliphatic carbocycles. The number of hydrogen-bond acceptors (Lipinski definition) is 5. The average molecular weight is 350 g/mol. The zero-order valence-electron chi connectivity index (χ0n) is 13.5. The third-order valence-corrected chi connectivity index (χ3v) is 5.28. The SMILES string of the molecule is CCc1nn(Cn2nnc3ccccc32)c(=O)c2cc3ccsc3n12. The molecule has 124 valence electrons. The van der Waals surface area contributed by atoms with Crippen molar-refractivity contribution in [2.45, 2.75) is 20.0 Å². The van der Waals surface area contributed by atoms with Crippen LogP contribution in [0.5, 0.6) is 0 Å². The molecule has 0 N–H and O–H groups in total. The lowest BCUT2D eigenvalue weighted by Gasteiger charge is -2.10. The summed E-state index contributed by atoms with van der Waals surface area (Å²) >= 11 is 1.62. The Morgan fingerprint density at radius 1 is 1.12 bits per heavy atom. The highest BCUT2D eigenvalue weighted by molar-refractivity contribution is 7.16. The maximum atomic E-state index is 12.9. The van der Waals surface area contributed by atoms with Crippen LogP contribution in [0.15, 0.2) is 46.6 Å². The third kappa shape index (κ3) is 2.04. The second-order valence-corrected chi connectivity index (χ2v) is 6.73. The first kappa shape index (κ1) is 14.4. The van der Waals surface area contributed by atoms with Gasteiger partial charge in [-0.05, 0) is 29.6 Å². The van der Waals surface area contributed by atoms with Crippen LogP contribution in [0.3, 0.4) is 0 Å². The van der Waals surface area contributed by atoms with Crippen molar-refractivity contribution in [2.75, 3.05) is 0 Å². The van der Waals surface area contributed by atoms with Gasteiger partial charge in [-0.25, -0.2) is 9.36 Å². The number of para-hydroxylation sites is 1. The molecular weight excluding hydrogens is 336 g/mol. The molecule has 0 aliphatic heterocycles. The van der Waals surface area contributed by atoms with Crippen LogP contribution in [0.2, 0.25) is 0 Å². The minimum atomic E-state index is -0.125. The van der Waals surface area contributed by atoms with Crippen molar-refractivity contribution in [3.05, 3.63) is 58.0 Å². The predicted molar refractivity (Wildman–Crippen MR) is 97.1 cm³/mol. The largest absolute Gasteiger partial charge is 0.292 e. The van der Waals surface area contributed by atoms with Crippen LogP contribution in [0.4, 0.5) is 0 Å². The van der Waals surface area contributed by atoms with E-state index < -0.39 is 0 Å². The van der Waals surface area contributed by atoms with Crippen LogP contribution in [0.25, 0.3) is 26.8 Å². The van der Waals surface area contributed by atoms with Crippen LogP contribution in [0, 0.1) is 0 Å². The van der Waals surface area contributed by atoms with E-state index in [0.29, 0.717) is 5.52 Å². The molecule has 1 aromatic carbocycles. The summed E-state index contributed by atoms with van der Waals surface area (Å²) in [5.74, 6) is 0.858. The molecule has 4 heterocycles. The second-order valence-electron chi connectivity index (χ2n) is 5.84. The van der Waals surface area contributed by atoms with Gasteiger partial charge in [0.1, 0.15) is 28.4 Å². The van der Waals surface area contributed by atoms with E-state index in [4.69, 9.17) is 0 Å². The summed E-state index contributed by atoms with van der Waals surface area (Å²) in [6.07, 6.45) is 0.733. The van der Waals surface area contributed by atoms with Crippen molar-refractivity contribution < 1.29 is 0 Å². The highest BCUT2D eigenvalue weighted by Crippen LogP contribution is 2.24. The van der Waals surface area contributed by atoms with Gasteiger partial charge in [-0.15, -0.1) is 16.4 Å². The Morgan fingerprint density at radius 3 is 2.88 bits per heavy atom. The quantitative estimate of drug-likeness (QED) is 0.501. The Balaban J connectivity index is 1.73. The van der Waals surface area contributed by atoms with Gasteiger partial charge in [0, 0.05) is 11.8 Å². The van der Waals surface area contributed by atoms with E-state index >= 15 is 0 Å². The second kappa shape index (κ2) is 5.25. The molecule has 0 saturated heterocycles. The molecule has 0 fully saturated rings. The molecule has 0 amide bonds. The molecule has 7 nitrogen and oxygen atoms in total. The Morgan fingerprint density at radius 2 is 2.00 bits per heavy atom. The lowest BCUT2D eigenvalue weighted by Crippen LogP contribution is -2.29. The van der Waals surface area contributed by atoms with Gasteiger partial charge in [0.05, 0.1) is 5.52 Å². The number of aromatic nitrogens is 6. The molecule has 0 bridgehead atoms. The average Bonchev–Trinajstić information content (AvgIpc) is 3.32. The van der Waals surface area contributed by atoms with E-state index in [1.807, 2.05) is 53.1 Å². The topological polar surface area (TPSA) is 70.0 Å². The number of hydrogen-bond donors (Lipinski definition) is 0. The zero-order chi connectivity index (χ0) is 17.0. The maximum absolute atomic E-state index is 12.9. The smallest absolute Gasteiger partial charge is 0.282 e. The Bertz CT molecular complexity index is 1290. The lowest BCUT2D eigenvalue weighted by molar-refractivity contribution is 0.470. The molecule has 5 rings (SSSR count). The molecule has 0 atom stereocenters. The van der Waals surface area contributed by atoms with E-state index in [1.54, 1.807) is 16.0 Å². The predicted octanol–water partition coefficient (Wildman–Crippen LogP) is 2.52. The van der Waals surface area contributed by atoms with E-state index in [1.165, 1.54) is 4.68 Å². The van der Waals surface area contributed by atoms with Crippen LogP contribution in [0.1, 0.15) is 12.7 Å². The minimum absolute atomic E-state index is 0.125. The van der Waals surface area contributed by atoms with Gasteiger partial charge < -0.3 is 0 Å². The lowest BCUT2D eigenvalue weighted by atomic mass is 10.3. The number of nitrogens with zero attached hydrogens (tertiary/aromatic N) is 6. The van der Waals surface area contributed by atoms with Crippen LogP contribution in [-0.4, -0.2) is 29.2 Å². The van der Waals surface area contributed by atoms with Crippen molar-refractivity contribution in [3.63, 3.8) is 0 Å². The van der Waals surface area contributed by atoms with E-state index in [-0.39, 0.29) is 12.2 Å². The number of fused-ring (bicyclic) bond motifs is 4. The van der Waals surface area contributed by atoms with Gasteiger partial charge >= 0.3 is 0 Å². The zero-order valence-corrected chi connectivity index (χ0v) is 14.3. The molecule has 0 aliphatic rings. The molecule has 0 unspecified atom stereocenters. The van der Waals surface area contributed by atoms with Gasteiger partial charge in [0.2, 0.25) is 0 Å². The minimum Gasteiger partial charge on any atom is -0.282 e.